The molecule has 6 heteroatoms. The van der Waals surface area contributed by atoms with Crippen molar-refractivity contribution in [3.8, 4) is 0 Å². The maximum absolute atomic E-state index is 11.7. The van der Waals surface area contributed by atoms with E-state index in [1.54, 1.807) is 0 Å². The fourth-order valence-electron chi connectivity index (χ4n) is 4.08. The number of carbonyl (C=O) groups is 1. The maximum atomic E-state index is 11.7. The fourth-order valence-corrected chi connectivity index (χ4v) is 4.08. The van der Waals surface area contributed by atoms with Gasteiger partial charge in [0.2, 0.25) is 5.91 Å². The highest BCUT2D eigenvalue weighted by Crippen LogP contribution is 2.28. The van der Waals surface area contributed by atoms with Gasteiger partial charge in [-0.3, -0.25) is 9.69 Å². The lowest BCUT2D eigenvalue weighted by atomic mass is 10.1. The van der Waals surface area contributed by atoms with Crippen molar-refractivity contribution in [1.82, 2.24) is 15.2 Å². The lowest BCUT2D eigenvalue weighted by Gasteiger charge is -2.33. The molecule has 1 amide bonds. The Balaban J connectivity index is 1.69. The Morgan fingerprint density at radius 1 is 1.26 bits per heavy atom. The first-order chi connectivity index (χ1) is 13.1. The minimum atomic E-state index is -0.290. The van der Waals surface area contributed by atoms with Gasteiger partial charge in [-0.2, -0.15) is 0 Å². The Bertz CT molecular complexity index is 838. The zero-order valence-corrected chi connectivity index (χ0v) is 15.9. The number of hydrogen-bond donors (Lipinski definition) is 2. The number of nitrogens with zero attached hydrogens (tertiary/aromatic N) is 3. The molecular weight excluding hydrogens is 340 g/mol. The van der Waals surface area contributed by atoms with Crippen LogP contribution in [0.2, 0.25) is 0 Å². The van der Waals surface area contributed by atoms with Crippen molar-refractivity contribution in [2.75, 3.05) is 37.6 Å². The zero-order chi connectivity index (χ0) is 18.8. The number of anilines is 1. The third-order valence-electron chi connectivity index (χ3n) is 5.52. The molecule has 0 saturated carbocycles. The quantitative estimate of drug-likeness (QED) is 0.865. The lowest BCUT2D eigenvalue weighted by Crippen LogP contribution is -2.39. The summed E-state index contributed by atoms with van der Waals surface area (Å²) in [5.41, 5.74) is 3.39. The Labute approximate surface area is 160 Å². The van der Waals surface area contributed by atoms with Crippen LogP contribution < -0.4 is 10.2 Å². The number of aryl methyl sites for hydroxylation is 1. The van der Waals surface area contributed by atoms with Crippen LogP contribution >= 0.6 is 0 Å². The van der Waals surface area contributed by atoms with E-state index >= 15 is 0 Å². The monoisotopic (exact) mass is 368 g/mol. The van der Waals surface area contributed by atoms with E-state index in [1.807, 2.05) is 0 Å². The minimum Gasteiger partial charge on any atom is -0.391 e. The number of β-amino-alcohol motifs (C(OH)–C–C–N with tert-alkyl or cyclic N) is 1. The van der Waals surface area contributed by atoms with E-state index in [2.05, 4.69) is 46.3 Å². The summed E-state index contributed by atoms with van der Waals surface area (Å²) in [5.74, 6) is 1.11. The molecule has 3 heterocycles. The number of rotatable bonds is 3. The number of amides is 1. The first kappa shape index (κ1) is 18.2. The molecule has 2 saturated heterocycles. The maximum Gasteiger partial charge on any atom is 0.221 e. The average molecular weight is 368 g/mol. The van der Waals surface area contributed by atoms with Gasteiger partial charge in [0.15, 0.2) is 0 Å². The van der Waals surface area contributed by atoms with Gasteiger partial charge in [-0.1, -0.05) is 11.6 Å². The van der Waals surface area contributed by atoms with Crippen molar-refractivity contribution >= 4 is 22.6 Å². The predicted octanol–water partition coefficient (Wildman–Crippen LogP) is 1.83. The molecular formula is C21H28N4O2. The topological polar surface area (TPSA) is 68.7 Å². The van der Waals surface area contributed by atoms with Gasteiger partial charge in [0.05, 0.1) is 11.6 Å². The highest BCUT2D eigenvalue weighted by Gasteiger charge is 2.23. The molecule has 4 rings (SSSR count). The van der Waals surface area contributed by atoms with Gasteiger partial charge in [0.1, 0.15) is 5.82 Å². The Morgan fingerprint density at radius 2 is 2.15 bits per heavy atom. The number of carbonyl (C=O) groups excluding carboxylic acids is 1. The molecule has 1 aromatic carbocycles. The molecule has 0 unspecified atom stereocenters. The summed E-state index contributed by atoms with van der Waals surface area (Å²) >= 11 is 0. The Kier molecular flexibility index (Phi) is 5.27. The summed E-state index contributed by atoms with van der Waals surface area (Å²) in [4.78, 5) is 21.2. The molecule has 6 nitrogen and oxygen atoms in total. The molecule has 27 heavy (non-hydrogen) atoms. The number of aromatic nitrogens is 1. The van der Waals surface area contributed by atoms with Crippen LogP contribution in [0, 0.1) is 6.92 Å². The predicted molar refractivity (Wildman–Crippen MR) is 107 cm³/mol. The normalized spacial score (nSPS) is 21.9. The second kappa shape index (κ2) is 7.82. The molecule has 1 aromatic heterocycles. The number of piperidine rings is 1. The molecule has 1 atom stereocenters. The largest absolute Gasteiger partial charge is 0.391 e. The number of benzene rings is 1. The summed E-state index contributed by atoms with van der Waals surface area (Å²) in [6.07, 6.45) is 2.09. The number of aliphatic hydroxyl groups excluding tert-OH is 1. The van der Waals surface area contributed by atoms with Crippen LogP contribution in [-0.4, -0.2) is 59.7 Å². The van der Waals surface area contributed by atoms with Gasteiger partial charge in [-0.15, -0.1) is 0 Å². The van der Waals surface area contributed by atoms with Crippen molar-refractivity contribution in [3.63, 3.8) is 0 Å². The fraction of sp³-hybridized carbons (Fsp3) is 0.524. The molecule has 0 spiro atoms. The lowest BCUT2D eigenvalue weighted by molar-refractivity contribution is -0.120. The summed E-state index contributed by atoms with van der Waals surface area (Å²) in [7, 11) is 0. The number of nitrogens with one attached hydrogen (secondary N) is 1. The highest BCUT2D eigenvalue weighted by atomic mass is 16.3. The van der Waals surface area contributed by atoms with E-state index in [0.29, 0.717) is 19.5 Å². The third kappa shape index (κ3) is 4.22. The molecule has 0 radical (unpaired) electrons. The zero-order valence-electron chi connectivity index (χ0n) is 15.9. The van der Waals surface area contributed by atoms with Crippen molar-refractivity contribution in [1.29, 1.82) is 0 Å². The first-order valence-corrected chi connectivity index (χ1v) is 9.91. The Hall–Kier alpha value is -2.18. The summed E-state index contributed by atoms with van der Waals surface area (Å²) < 4.78 is 0. The van der Waals surface area contributed by atoms with E-state index in [1.165, 1.54) is 11.1 Å². The molecule has 2 aliphatic heterocycles. The minimum absolute atomic E-state index is 0.129. The first-order valence-electron chi connectivity index (χ1n) is 9.91. The summed E-state index contributed by atoms with van der Waals surface area (Å²) in [6, 6.07) is 8.59. The average Bonchev–Trinajstić information content (AvgIpc) is 2.85. The van der Waals surface area contributed by atoms with E-state index in [4.69, 9.17) is 4.98 Å². The van der Waals surface area contributed by atoms with Crippen molar-refractivity contribution < 1.29 is 9.90 Å². The van der Waals surface area contributed by atoms with Gasteiger partial charge >= 0.3 is 0 Å². The Morgan fingerprint density at radius 3 is 3.00 bits per heavy atom. The van der Waals surface area contributed by atoms with Crippen LogP contribution in [0.15, 0.2) is 24.3 Å². The van der Waals surface area contributed by atoms with E-state index in [-0.39, 0.29) is 12.0 Å². The van der Waals surface area contributed by atoms with Gasteiger partial charge in [0.25, 0.3) is 0 Å². The van der Waals surface area contributed by atoms with E-state index < -0.39 is 0 Å². The third-order valence-corrected chi connectivity index (χ3v) is 5.52. The van der Waals surface area contributed by atoms with E-state index in [0.717, 1.165) is 55.7 Å². The van der Waals surface area contributed by atoms with Crippen LogP contribution in [0.25, 0.3) is 10.9 Å². The van der Waals surface area contributed by atoms with Gasteiger partial charge < -0.3 is 15.3 Å². The highest BCUT2D eigenvalue weighted by molar-refractivity contribution is 5.82. The molecule has 2 N–H and O–H groups in total. The van der Waals surface area contributed by atoms with Crippen LogP contribution in [-0.2, 0) is 11.3 Å². The molecule has 2 fully saturated rings. The standard InChI is InChI=1S/C21H28N4O2/c1-15-4-5-19-16(11-15)12-17(13-24-9-6-20(27)22-7-10-24)21(23-19)25-8-2-3-18(26)14-25/h4-5,11-12,18,26H,2-3,6-10,13-14H2,1H3,(H,22,27)/t18-/m1/s1. The molecule has 0 aliphatic carbocycles. The smallest absolute Gasteiger partial charge is 0.221 e. The molecule has 144 valence electrons. The van der Waals surface area contributed by atoms with Crippen molar-refractivity contribution in [2.24, 2.45) is 0 Å². The van der Waals surface area contributed by atoms with Gasteiger partial charge in [-0.05, 0) is 38.0 Å². The van der Waals surface area contributed by atoms with Gasteiger partial charge in [-0.25, -0.2) is 4.98 Å². The van der Waals surface area contributed by atoms with Crippen molar-refractivity contribution in [2.45, 2.75) is 38.8 Å². The van der Waals surface area contributed by atoms with E-state index in [9.17, 15) is 9.90 Å². The summed E-state index contributed by atoms with van der Waals surface area (Å²) in [5, 5.41) is 14.2. The number of hydrogen-bond acceptors (Lipinski definition) is 5. The van der Waals surface area contributed by atoms with Crippen LogP contribution in [0.4, 0.5) is 5.82 Å². The van der Waals surface area contributed by atoms with Gasteiger partial charge in [0, 0.05) is 56.6 Å². The second-order valence-corrected chi connectivity index (χ2v) is 7.79. The number of pyridine rings is 1. The molecule has 2 aromatic rings. The second-order valence-electron chi connectivity index (χ2n) is 7.79. The number of aliphatic hydroxyl groups is 1. The SMILES string of the molecule is Cc1ccc2nc(N3CCC[C@@H](O)C3)c(CN3CCNC(=O)CC3)cc2c1. The van der Waals surface area contributed by atoms with Crippen LogP contribution in [0.1, 0.15) is 30.4 Å². The van der Waals surface area contributed by atoms with Crippen molar-refractivity contribution in [3.05, 3.63) is 35.4 Å². The number of fused-ring (bicyclic) bond motifs is 1. The summed E-state index contributed by atoms with van der Waals surface area (Å²) in [6.45, 7) is 6.73. The van der Waals surface area contributed by atoms with Crippen LogP contribution in [0.5, 0.6) is 0 Å². The van der Waals surface area contributed by atoms with Crippen LogP contribution in [0.3, 0.4) is 0 Å². The molecule has 0 bridgehead atoms. The molecule has 2 aliphatic rings.